The summed E-state index contributed by atoms with van der Waals surface area (Å²) >= 11 is 6.28. The minimum absolute atomic E-state index is 0.0434. The summed E-state index contributed by atoms with van der Waals surface area (Å²) in [7, 11) is -5.03. The van der Waals surface area contributed by atoms with Crippen molar-refractivity contribution in [3.63, 3.8) is 0 Å². The molecule has 16 nitrogen and oxygen atoms in total. The number of amides is 1. The van der Waals surface area contributed by atoms with E-state index in [1.807, 2.05) is 21.8 Å². The molecule has 0 unspecified atom stereocenters. The van der Waals surface area contributed by atoms with Gasteiger partial charge in [0.25, 0.3) is 21.6 Å². The van der Waals surface area contributed by atoms with E-state index < -0.39 is 60.4 Å². The first-order valence-electron chi connectivity index (χ1n) is 22.5. The van der Waals surface area contributed by atoms with E-state index in [1.165, 1.54) is 48.5 Å². The minimum Gasteiger partial charge on any atom is -0.474 e. The molecular weight excluding hydrogens is 910 g/mol. The molecule has 3 fully saturated rings. The van der Waals surface area contributed by atoms with Crippen LogP contribution in [-0.2, 0) is 19.5 Å². The lowest BCUT2D eigenvalue weighted by Gasteiger charge is -2.47. The zero-order chi connectivity index (χ0) is 46.5. The first kappa shape index (κ1) is 44.9. The van der Waals surface area contributed by atoms with E-state index in [2.05, 4.69) is 32.3 Å². The zero-order valence-electron chi connectivity index (χ0n) is 36.5. The number of pyridine rings is 1. The monoisotopic (exact) mass is 958 g/mol. The molecule has 5 aliphatic rings. The molecule has 1 spiro atoms. The van der Waals surface area contributed by atoms with Gasteiger partial charge in [-0.1, -0.05) is 35.7 Å². The van der Waals surface area contributed by atoms with Crippen molar-refractivity contribution in [3.8, 4) is 5.88 Å². The second-order valence-electron chi connectivity index (χ2n) is 17.9. The average molecular weight is 959 g/mol. The number of fused-ring (bicyclic) bond motifs is 2. The van der Waals surface area contributed by atoms with Crippen molar-refractivity contribution < 1.29 is 41.1 Å². The Labute approximate surface area is 390 Å². The van der Waals surface area contributed by atoms with Crippen molar-refractivity contribution in [1.82, 2.24) is 19.6 Å². The lowest BCUT2D eigenvalue weighted by molar-refractivity contribution is -0.384. The lowest BCUT2D eigenvalue weighted by atomic mass is 9.59. The number of H-pyrrole nitrogens is 1. The highest BCUT2D eigenvalue weighted by Crippen LogP contribution is 2.55. The number of allylic oxidation sites excluding steroid dienone is 1. The molecule has 3 aromatic carbocycles. The largest absolute Gasteiger partial charge is 0.474 e. The number of nitro groups is 1. The third-order valence-corrected chi connectivity index (χ3v) is 15.3. The fourth-order valence-corrected chi connectivity index (χ4v) is 11.1. The number of nitro benzene ring substituents is 1. The van der Waals surface area contributed by atoms with Crippen LogP contribution in [0.1, 0.15) is 54.4 Å². The van der Waals surface area contributed by atoms with E-state index in [4.69, 9.17) is 25.8 Å². The molecule has 5 heterocycles. The third kappa shape index (κ3) is 9.14. The Bertz CT molecular complexity index is 2880. The summed E-state index contributed by atoms with van der Waals surface area (Å²) in [6.45, 7) is 4.32. The summed E-state index contributed by atoms with van der Waals surface area (Å²) < 4.78 is 78.9. The van der Waals surface area contributed by atoms with Crippen LogP contribution in [0.15, 0.2) is 77.3 Å². The summed E-state index contributed by atoms with van der Waals surface area (Å²) in [5.41, 5.74) is 3.88. The quantitative estimate of drug-likeness (QED) is 0.0814. The number of nitrogens with zero attached hydrogens (tertiary/aromatic N) is 5. The minimum atomic E-state index is -5.03. The maximum absolute atomic E-state index is 16.9. The molecule has 1 amide bonds. The smallest absolute Gasteiger partial charge is 0.296 e. The van der Waals surface area contributed by atoms with E-state index >= 15 is 8.78 Å². The molecule has 0 radical (unpaired) electrons. The van der Waals surface area contributed by atoms with Gasteiger partial charge in [0.2, 0.25) is 5.88 Å². The summed E-state index contributed by atoms with van der Waals surface area (Å²) in [5, 5.41) is 16.2. The van der Waals surface area contributed by atoms with Gasteiger partial charge >= 0.3 is 0 Å². The van der Waals surface area contributed by atoms with E-state index in [9.17, 15) is 23.3 Å². The molecule has 2 aromatic heterocycles. The Kier molecular flexibility index (Phi) is 12.3. The number of piperazine rings is 1. The van der Waals surface area contributed by atoms with Crippen LogP contribution >= 0.6 is 11.6 Å². The Morgan fingerprint density at radius 1 is 0.970 bits per heavy atom. The molecule has 352 valence electrons. The van der Waals surface area contributed by atoms with Gasteiger partial charge in [0, 0.05) is 67.6 Å². The number of anilines is 4. The van der Waals surface area contributed by atoms with Gasteiger partial charge in [-0.2, -0.15) is 4.98 Å². The van der Waals surface area contributed by atoms with Crippen LogP contribution in [0.5, 0.6) is 5.88 Å². The molecule has 5 aromatic rings. The van der Waals surface area contributed by atoms with Crippen LogP contribution < -0.4 is 24.6 Å². The second-order valence-corrected chi connectivity index (χ2v) is 20.0. The number of rotatable bonds is 12. The van der Waals surface area contributed by atoms with E-state index in [1.54, 1.807) is 29.3 Å². The number of aromatic nitrogens is 2. The molecule has 20 heteroatoms. The highest BCUT2D eigenvalue weighted by molar-refractivity contribution is 7.90. The van der Waals surface area contributed by atoms with Crippen molar-refractivity contribution in [2.75, 3.05) is 87.4 Å². The van der Waals surface area contributed by atoms with Crippen LogP contribution in [-0.4, -0.2) is 112 Å². The number of hydrogen-bond donors (Lipinski definition) is 3. The van der Waals surface area contributed by atoms with Crippen LogP contribution in [0.3, 0.4) is 0 Å². The molecule has 3 N–H and O–H groups in total. The zero-order valence-corrected chi connectivity index (χ0v) is 38.1. The summed E-state index contributed by atoms with van der Waals surface area (Å²) in [6.07, 6.45) is 8.27. The van der Waals surface area contributed by atoms with Crippen LogP contribution in [0.4, 0.5) is 37.2 Å². The van der Waals surface area contributed by atoms with Crippen molar-refractivity contribution in [2.45, 2.75) is 49.5 Å². The van der Waals surface area contributed by atoms with Gasteiger partial charge in [-0.3, -0.25) is 19.8 Å². The van der Waals surface area contributed by atoms with Gasteiger partial charge in [0.1, 0.15) is 29.4 Å². The molecule has 0 bridgehead atoms. The van der Waals surface area contributed by atoms with Crippen molar-refractivity contribution >= 4 is 72.6 Å². The molecule has 2 saturated heterocycles. The number of carbonyl (C=O) groups is 1. The van der Waals surface area contributed by atoms with Gasteiger partial charge in [0.05, 0.1) is 53.5 Å². The SMILES string of the molecule is O=C(NS(=O)(=O)c1cc(F)c(NC[C@H]2COCCO2)c([N+](=O)[O-])c1)c1c(F)cc(N2CCN(CC3=C(c4ccc(Cl)cc4)CC4(CCC4)CC3)CC2)cc1N1CCOc2nc3[nH]ccc3cc21. The van der Waals surface area contributed by atoms with Gasteiger partial charge in [-0.15, -0.1) is 0 Å². The van der Waals surface area contributed by atoms with Crippen molar-refractivity contribution in [3.05, 3.63) is 110 Å². The van der Waals surface area contributed by atoms with Gasteiger partial charge < -0.3 is 34.3 Å². The third-order valence-electron chi connectivity index (χ3n) is 13.8. The summed E-state index contributed by atoms with van der Waals surface area (Å²) in [5.74, 6) is -3.42. The fourth-order valence-electron chi connectivity index (χ4n) is 10.0. The molecule has 1 atom stereocenters. The normalized spacial score (nSPS) is 19.8. The van der Waals surface area contributed by atoms with Crippen LogP contribution in [0, 0.1) is 27.2 Å². The summed E-state index contributed by atoms with van der Waals surface area (Å²) in [4.78, 5) is 38.3. The standard InChI is InChI=1S/C47H49ClF2N8O8S/c48-32-4-2-29(3-5-32)36-25-47(8-1-9-47)10-6-31(36)27-55-12-14-56(15-13-55)33-21-37(49)42(39(22-33)57-16-17-66-46-41(57)20-30-7-11-51-44(30)53-46)45(59)54-67(62,63)35-23-38(50)43(40(24-35)58(60)61)52-26-34-28-64-18-19-65-34/h2-5,7,11,20-24,34,52H,1,6,8-10,12-19,25-28H2,(H,51,53)(H,54,59)/t34-/m0/s1. The maximum Gasteiger partial charge on any atom is 0.296 e. The number of sulfonamides is 1. The molecule has 10 rings (SSSR count). The number of halogens is 3. The highest BCUT2D eigenvalue weighted by Gasteiger charge is 2.41. The van der Waals surface area contributed by atoms with Gasteiger partial charge in [0.15, 0.2) is 5.82 Å². The van der Waals surface area contributed by atoms with Gasteiger partial charge in [-0.25, -0.2) is 21.9 Å². The van der Waals surface area contributed by atoms with Crippen LogP contribution in [0.2, 0.25) is 5.02 Å². The maximum atomic E-state index is 16.9. The Balaban J connectivity index is 0.933. The topological polar surface area (TPSA) is 185 Å². The number of aromatic amines is 1. The Morgan fingerprint density at radius 3 is 2.51 bits per heavy atom. The Morgan fingerprint density at radius 2 is 1.78 bits per heavy atom. The number of carbonyl (C=O) groups excluding carboxylic acids is 1. The number of ether oxygens (including phenoxy) is 3. The first-order chi connectivity index (χ1) is 32.3. The number of benzene rings is 3. The average Bonchev–Trinajstić information content (AvgIpc) is 3.77. The van der Waals surface area contributed by atoms with Gasteiger partial charge in [-0.05, 0) is 91.1 Å². The van der Waals surface area contributed by atoms with Crippen molar-refractivity contribution in [2.24, 2.45) is 5.41 Å². The van der Waals surface area contributed by atoms with E-state index in [-0.39, 0.29) is 44.5 Å². The number of hydrogen-bond acceptors (Lipinski definition) is 13. The first-order valence-corrected chi connectivity index (χ1v) is 24.3. The fraction of sp³-hybridized carbons (Fsp3) is 0.404. The molecular formula is C47H49ClF2N8O8S. The summed E-state index contributed by atoms with van der Waals surface area (Å²) in [6, 6.07) is 15.8. The number of nitrogens with one attached hydrogen (secondary N) is 3. The highest BCUT2D eigenvalue weighted by atomic mass is 35.5. The molecule has 1 saturated carbocycles. The predicted octanol–water partition coefficient (Wildman–Crippen LogP) is 7.81. The van der Waals surface area contributed by atoms with Crippen molar-refractivity contribution in [1.29, 1.82) is 0 Å². The lowest BCUT2D eigenvalue weighted by Crippen LogP contribution is -2.47. The molecule has 67 heavy (non-hydrogen) atoms. The van der Waals surface area contributed by atoms with E-state index in [0.29, 0.717) is 77.8 Å². The Hall–Kier alpha value is -5.86. The second kappa shape index (κ2) is 18.3. The van der Waals surface area contributed by atoms with Crippen LogP contribution in [0.25, 0.3) is 16.6 Å². The predicted molar refractivity (Wildman–Crippen MR) is 249 cm³/mol. The molecule has 3 aliphatic heterocycles. The van der Waals surface area contributed by atoms with E-state index in [0.717, 1.165) is 19.4 Å². The molecule has 2 aliphatic carbocycles.